The molecule has 0 fully saturated rings. The van der Waals surface area contributed by atoms with Crippen molar-refractivity contribution in [3.63, 3.8) is 0 Å². The van der Waals surface area contributed by atoms with Gasteiger partial charge in [0.05, 0.1) is 23.4 Å². The predicted molar refractivity (Wildman–Crippen MR) is 129 cm³/mol. The number of aromatic nitrogens is 2. The van der Waals surface area contributed by atoms with E-state index >= 15 is 0 Å². The Morgan fingerprint density at radius 1 is 1.12 bits per heavy atom. The van der Waals surface area contributed by atoms with Crippen LogP contribution in [-0.4, -0.2) is 27.4 Å². The Balaban J connectivity index is 1.64. The molecule has 1 N–H and O–H groups in total. The summed E-state index contributed by atoms with van der Waals surface area (Å²) in [5, 5.41) is 8.44. The molecule has 8 heteroatoms. The normalized spacial score (nSPS) is 13.5. The van der Waals surface area contributed by atoms with E-state index in [0.29, 0.717) is 10.8 Å². The Morgan fingerprint density at radius 3 is 2.53 bits per heavy atom. The number of alkyl halides is 1. The number of hydrogen-bond acceptors (Lipinski definition) is 3. The third-order valence-electron chi connectivity index (χ3n) is 5.40. The first-order chi connectivity index (χ1) is 16.1. The Labute approximate surface area is 201 Å². The number of halogens is 3. The lowest BCUT2D eigenvalue weighted by Gasteiger charge is -2.28. The fraction of sp³-hybridized carbons (Fsp3) is 0.231. The Hall–Kier alpha value is -3.45. The lowest BCUT2D eigenvalue weighted by molar-refractivity contribution is -0.132. The van der Waals surface area contributed by atoms with Crippen molar-refractivity contribution in [1.29, 1.82) is 0 Å². The molecular weight excluding hydrogens is 460 g/mol. The maximum absolute atomic E-state index is 14.1. The minimum Gasteiger partial charge on any atom is -0.484 e. The van der Waals surface area contributed by atoms with E-state index in [9.17, 15) is 13.6 Å². The van der Waals surface area contributed by atoms with Crippen molar-refractivity contribution in [2.45, 2.75) is 38.6 Å². The molecule has 1 aromatic heterocycles. The highest BCUT2D eigenvalue weighted by Gasteiger charge is 2.31. The molecule has 5 nitrogen and oxygen atoms in total. The van der Waals surface area contributed by atoms with Crippen LogP contribution in [0.15, 0.2) is 72.9 Å². The number of rotatable bonds is 7. The molecule has 2 atom stereocenters. The monoisotopic (exact) mass is 483 g/mol. The van der Waals surface area contributed by atoms with Crippen LogP contribution in [-0.2, 0) is 4.79 Å². The van der Waals surface area contributed by atoms with Gasteiger partial charge in [-0.25, -0.2) is 13.5 Å². The van der Waals surface area contributed by atoms with Crippen LogP contribution in [0.2, 0.25) is 5.02 Å². The summed E-state index contributed by atoms with van der Waals surface area (Å²) in [7, 11) is 0. The van der Waals surface area contributed by atoms with Crippen LogP contribution >= 0.6 is 11.6 Å². The summed E-state index contributed by atoms with van der Waals surface area (Å²) in [5.41, 5.74) is 0.256. The molecular formula is C26H24ClF2N3O2. The highest BCUT2D eigenvalue weighted by atomic mass is 35.5. The van der Waals surface area contributed by atoms with Crippen LogP contribution in [0.1, 0.15) is 32.4 Å². The lowest BCUT2D eigenvalue weighted by atomic mass is 10.0. The van der Waals surface area contributed by atoms with Gasteiger partial charge < -0.3 is 10.1 Å². The average molecular weight is 484 g/mol. The van der Waals surface area contributed by atoms with E-state index in [1.807, 2.05) is 18.2 Å². The molecule has 0 spiro atoms. The second-order valence-electron chi connectivity index (χ2n) is 8.58. The number of nitrogens with zero attached hydrogens (tertiary/aromatic N) is 2. The van der Waals surface area contributed by atoms with Crippen LogP contribution in [0.3, 0.4) is 0 Å². The molecule has 34 heavy (non-hydrogen) atoms. The third kappa shape index (κ3) is 5.20. The molecule has 0 bridgehead atoms. The molecule has 3 aromatic carbocycles. The van der Waals surface area contributed by atoms with Gasteiger partial charge in [-0.2, -0.15) is 5.10 Å². The van der Waals surface area contributed by atoms with Crippen LogP contribution in [0.4, 0.5) is 8.78 Å². The number of benzene rings is 3. The van der Waals surface area contributed by atoms with Crippen molar-refractivity contribution in [2.24, 2.45) is 0 Å². The predicted octanol–water partition coefficient (Wildman–Crippen LogP) is 6.19. The van der Waals surface area contributed by atoms with E-state index in [-0.39, 0.29) is 5.82 Å². The number of carbonyl (C=O) groups excluding carboxylic acids is 1. The summed E-state index contributed by atoms with van der Waals surface area (Å²) in [6.45, 7) is 4.16. The zero-order chi connectivity index (χ0) is 24.5. The van der Waals surface area contributed by atoms with Gasteiger partial charge in [-0.15, -0.1) is 0 Å². The van der Waals surface area contributed by atoms with Crippen LogP contribution < -0.4 is 10.1 Å². The first-order valence-corrected chi connectivity index (χ1v) is 11.2. The highest BCUT2D eigenvalue weighted by Crippen LogP contribution is 2.30. The molecule has 1 heterocycles. The summed E-state index contributed by atoms with van der Waals surface area (Å²) in [5.74, 6) is -0.510. The number of ether oxygens (including phenoxy) is 1. The number of nitrogens with one attached hydrogen (secondary N) is 1. The van der Waals surface area contributed by atoms with E-state index in [1.165, 1.54) is 26.0 Å². The third-order valence-corrected chi connectivity index (χ3v) is 5.64. The maximum Gasteiger partial charge on any atom is 0.257 e. The Bertz CT molecular complexity index is 1320. The van der Waals surface area contributed by atoms with Crippen molar-refractivity contribution in [1.82, 2.24) is 15.1 Å². The molecule has 0 saturated heterocycles. The van der Waals surface area contributed by atoms with E-state index < -0.39 is 23.7 Å². The molecule has 0 aliphatic rings. The van der Waals surface area contributed by atoms with E-state index in [1.54, 1.807) is 54.2 Å². The van der Waals surface area contributed by atoms with Crippen molar-refractivity contribution in [2.75, 3.05) is 0 Å². The first kappa shape index (κ1) is 23.7. The molecule has 0 aliphatic heterocycles. The molecule has 4 rings (SSSR count). The fourth-order valence-electron chi connectivity index (χ4n) is 3.62. The molecule has 176 valence electrons. The summed E-state index contributed by atoms with van der Waals surface area (Å²) >= 11 is 6.19. The summed E-state index contributed by atoms with van der Waals surface area (Å²) < 4.78 is 35.4. The van der Waals surface area contributed by atoms with Gasteiger partial charge in [0.2, 0.25) is 0 Å². The van der Waals surface area contributed by atoms with Gasteiger partial charge in [-0.3, -0.25) is 4.79 Å². The topological polar surface area (TPSA) is 56.1 Å². The number of carbonyl (C=O) groups is 1. The molecule has 4 aromatic rings. The second-order valence-corrected chi connectivity index (χ2v) is 9.02. The molecule has 0 radical (unpaired) electrons. The maximum atomic E-state index is 14.1. The fourth-order valence-corrected chi connectivity index (χ4v) is 3.81. The van der Waals surface area contributed by atoms with Crippen LogP contribution in [0.25, 0.3) is 16.6 Å². The van der Waals surface area contributed by atoms with Crippen molar-refractivity contribution in [3.05, 3.63) is 89.3 Å². The van der Waals surface area contributed by atoms with Crippen molar-refractivity contribution in [3.8, 4) is 11.4 Å². The summed E-state index contributed by atoms with van der Waals surface area (Å²) in [4.78, 5) is 12.3. The van der Waals surface area contributed by atoms with Crippen molar-refractivity contribution >= 4 is 28.4 Å². The number of amides is 1. The Kier molecular flexibility index (Phi) is 6.57. The molecule has 2 unspecified atom stereocenters. The van der Waals surface area contributed by atoms with E-state index in [0.717, 1.165) is 22.2 Å². The highest BCUT2D eigenvalue weighted by molar-refractivity contribution is 6.30. The van der Waals surface area contributed by atoms with Crippen LogP contribution in [0.5, 0.6) is 5.75 Å². The number of fused-ring (bicyclic) bond motifs is 1. The van der Waals surface area contributed by atoms with Gasteiger partial charge in [0.25, 0.3) is 5.91 Å². The molecule has 0 saturated carbocycles. The quantitative estimate of drug-likeness (QED) is 0.341. The van der Waals surface area contributed by atoms with E-state index in [2.05, 4.69) is 10.4 Å². The minimum absolute atomic E-state index is 0.319. The van der Waals surface area contributed by atoms with Gasteiger partial charge in [0, 0.05) is 10.4 Å². The van der Waals surface area contributed by atoms with E-state index in [4.69, 9.17) is 16.3 Å². The molecule has 0 aliphatic carbocycles. The first-order valence-electron chi connectivity index (χ1n) is 10.8. The van der Waals surface area contributed by atoms with Gasteiger partial charge in [0.15, 0.2) is 5.67 Å². The minimum atomic E-state index is -2.03. The van der Waals surface area contributed by atoms with Gasteiger partial charge in [-0.1, -0.05) is 23.7 Å². The number of hydrogen-bond donors (Lipinski definition) is 1. The standard InChI is InChI=1S/C26H24ClF2N3O2/c1-16(31-25(33)26(2,3)29)24(17-5-4-6-19(27)13-17)34-22-11-12-23-18(14-22)15-30-32(23)21-9-7-20(28)8-10-21/h4-16,24H,1-3H3,(H,31,33). The lowest BCUT2D eigenvalue weighted by Crippen LogP contribution is -2.46. The zero-order valence-electron chi connectivity index (χ0n) is 18.9. The largest absolute Gasteiger partial charge is 0.484 e. The molecule has 1 amide bonds. The zero-order valence-corrected chi connectivity index (χ0v) is 19.7. The van der Waals surface area contributed by atoms with Gasteiger partial charge in [0.1, 0.15) is 17.7 Å². The Morgan fingerprint density at radius 2 is 1.85 bits per heavy atom. The van der Waals surface area contributed by atoms with Gasteiger partial charge >= 0.3 is 0 Å². The van der Waals surface area contributed by atoms with Crippen LogP contribution in [0, 0.1) is 5.82 Å². The van der Waals surface area contributed by atoms with Gasteiger partial charge in [-0.05, 0) is 80.9 Å². The summed E-state index contributed by atoms with van der Waals surface area (Å²) in [6.07, 6.45) is 1.06. The summed E-state index contributed by atoms with van der Waals surface area (Å²) in [6, 6.07) is 18.1. The smallest absolute Gasteiger partial charge is 0.257 e. The van der Waals surface area contributed by atoms with Crippen molar-refractivity contribution < 1.29 is 18.3 Å². The SMILES string of the molecule is CC(NC(=O)C(C)(C)F)C(Oc1ccc2c(cnn2-c2ccc(F)cc2)c1)c1cccc(Cl)c1. The average Bonchev–Trinajstić information content (AvgIpc) is 3.20. The second kappa shape index (κ2) is 9.43.